The molecule has 0 aliphatic carbocycles. The van der Waals surface area contributed by atoms with E-state index < -0.39 is 6.04 Å². The molecule has 2 saturated heterocycles. The molecule has 2 aliphatic rings. The summed E-state index contributed by atoms with van der Waals surface area (Å²) in [6.07, 6.45) is 3.59. The average Bonchev–Trinajstić information content (AvgIpc) is 3.25. The number of hydrogen-bond acceptors (Lipinski definition) is 5. The van der Waals surface area contributed by atoms with E-state index in [2.05, 4.69) is 10.2 Å². The van der Waals surface area contributed by atoms with Crippen LogP contribution in [0.5, 0.6) is 0 Å². The maximum absolute atomic E-state index is 13.3. The van der Waals surface area contributed by atoms with Gasteiger partial charge in [-0.1, -0.05) is 12.1 Å². The number of carbonyl (C=O) groups excluding carboxylic acids is 2. The molecule has 0 bridgehead atoms. The third kappa shape index (κ3) is 6.00. The van der Waals surface area contributed by atoms with E-state index in [9.17, 15) is 14.0 Å². The quantitative estimate of drug-likeness (QED) is 0.661. The highest BCUT2D eigenvalue weighted by atomic mass is 19.1. The first-order chi connectivity index (χ1) is 14.5. The molecule has 8 heteroatoms. The maximum atomic E-state index is 13.3. The number of nitrogens with zero attached hydrogens (tertiary/aromatic N) is 2. The Kier molecular flexibility index (Phi) is 8.18. The van der Waals surface area contributed by atoms with Crippen LogP contribution in [0.2, 0.25) is 0 Å². The molecule has 7 nitrogen and oxygen atoms in total. The molecule has 2 unspecified atom stereocenters. The van der Waals surface area contributed by atoms with Crippen LogP contribution < -0.4 is 11.1 Å². The highest BCUT2D eigenvalue weighted by Crippen LogP contribution is 2.26. The molecule has 2 heterocycles. The van der Waals surface area contributed by atoms with Crippen molar-refractivity contribution < 1.29 is 18.7 Å². The van der Waals surface area contributed by atoms with Crippen molar-refractivity contribution in [3.05, 3.63) is 35.6 Å². The van der Waals surface area contributed by atoms with Crippen molar-refractivity contribution in [3.63, 3.8) is 0 Å². The second kappa shape index (κ2) is 10.8. The normalized spacial score (nSPS) is 24.3. The number of nitrogens with one attached hydrogen (secondary N) is 1. The number of likely N-dealkylation sites (tertiary alicyclic amines) is 1. The first kappa shape index (κ1) is 22.7. The topological polar surface area (TPSA) is 87.9 Å². The summed E-state index contributed by atoms with van der Waals surface area (Å²) in [4.78, 5) is 28.8. The molecule has 2 amide bonds. The summed E-state index contributed by atoms with van der Waals surface area (Å²) in [5.74, 6) is -0.499. The number of carbonyl (C=O) groups is 2. The van der Waals surface area contributed by atoms with Gasteiger partial charge in [0.2, 0.25) is 11.8 Å². The highest BCUT2D eigenvalue weighted by Gasteiger charge is 2.37. The van der Waals surface area contributed by atoms with E-state index in [4.69, 9.17) is 10.5 Å². The van der Waals surface area contributed by atoms with Crippen LogP contribution in [0.1, 0.15) is 38.2 Å². The minimum Gasteiger partial charge on any atom is -0.377 e. The third-order valence-corrected chi connectivity index (χ3v) is 6.00. The fourth-order valence-electron chi connectivity index (χ4n) is 4.43. The molecule has 1 aromatic rings. The molecule has 3 rings (SSSR count). The van der Waals surface area contributed by atoms with E-state index in [-0.39, 0.29) is 29.8 Å². The fraction of sp³-hybridized carbons (Fsp3) is 0.636. The Morgan fingerprint density at radius 2 is 2.07 bits per heavy atom. The second-order valence-electron chi connectivity index (χ2n) is 8.18. The number of halogens is 1. The van der Waals surface area contributed by atoms with E-state index in [1.807, 2.05) is 0 Å². The van der Waals surface area contributed by atoms with Gasteiger partial charge >= 0.3 is 0 Å². The molecule has 2 fully saturated rings. The first-order valence-corrected chi connectivity index (χ1v) is 10.8. The van der Waals surface area contributed by atoms with Crippen molar-refractivity contribution in [1.29, 1.82) is 0 Å². The Morgan fingerprint density at radius 3 is 2.70 bits per heavy atom. The number of nitrogens with two attached hydrogens (primary N) is 1. The fourth-order valence-corrected chi connectivity index (χ4v) is 4.43. The number of piperidine rings is 1. The Balaban J connectivity index is 1.75. The molecule has 3 atom stereocenters. The molecule has 0 aromatic heterocycles. The van der Waals surface area contributed by atoms with Crippen molar-refractivity contribution in [3.8, 4) is 0 Å². The molecule has 0 spiro atoms. The number of hydrogen-bond donors (Lipinski definition) is 2. The molecular formula is C22H33FN4O3. The van der Waals surface area contributed by atoms with Crippen LogP contribution in [-0.4, -0.2) is 72.6 Å². The lowest BCUT2D eigenvalue weighted by atomic mass is 9.94. The highest BCUT2D eigenvalue weighted by molar-refractivity contribution is 5.87. The molecular weight excluding hydrogens is 387 g/mol. The van der Waals surface area contributed by atoms with Crippen molar-refractivity contribution in [1.82, 2.24) is 15.1 Å². The summed E-state index contributed by atoms with van der Waals surface area (Å²) >= 11 is 0. The van der Waals surface area contributed by atoms with Crippen molar-refractivity contribution >= 4 is 11.8 Å². The van der Waals surface area contributed by atoms with Gasteiger partial charge in [0.25, 0.3) is 0 Å². The molecule has 0 saturated carbocycles. The molecule has 2 aliphatic heterocycles. The lowest BCUT2D eigenvalue weighted by molar-refractivity contribution is -0.142. The number of benzene rings is 1. The Bertz CT molecular complexity index is 709. The van der Waals surface area contributed by atoms with Gasteiger partial charge in [-0.25, -0.2) is 4.39 Å². The van der Waals surface area contributed by atoms with Gasteiger partial charge in [-0.2, -0.15) is 0 Å². The molecule has 0 radical (unpaired) electrons. The van der Waals surface area contributed by atoms with Gasteiger partial charge in [0.15, 0.2) is 0 Å². The van der Waals surface area contributed by atoms with Crippen LogP contribution in [0.4, 0.5) is 4.39 Å². The number of ether oxygens (including phenoxy) is 1. The summed E-state index contributed by atoms with van der Waals surface area (Å²) in [5.41, 5.74) is 6.54. The van der Waals surface area contributed by atoms with Crippen molar-refractivity contribution in [2.45, 2.75) is 57.3 Å². The summed E-state index contributed by atoms with van der Waals surface area (Å²) in [6.45, 7) is 4.99. The number of amides is 2. The van der Waals surface area contributed by atoms with Gasteiger partial charge in [-0.15, -0.1) is 0 Å². The van der Waals surface area contributed by atoms with Crippen LogP contribution in [0.3, 0.4) is 0 Å². The zero-order chi connectivity index (χ0) is 21.5. The van der Waals surface area contributed by atoms with Crippen LogP contribution >= 0.6 is 0 Å². The summed E-state index contributed by atoms with van der Waals surface area (Å²) in [5, 5.41) is 2.83. The zero-order valence-electron chi connectivity index (χ0n) is 17.7. The van der Waals surface area contributed by atoms with Gasteiger partial charge in [0.1, 0.15) is 11.9 Å². The van der Waals surface area contributed by atoms with E-state index >= 15 is 0 Å². The average molecular weight is 421 g/mol. The Labute approximate surface area is 177 Å². The summed E-state index contributed by atoms with van der Waals surface area (Å²) in [6, 6.07) is 6.17. The van der Waals surface area contributed by atoms with Gasteiger partial charge in [0, 0.05) is 52.3 Å². The molecule has 30 heavy (non-hydrogen) atoms. The van der Waals surface area contributed by atoms with Crippen LogP contribution in [0, 0.1) is 5.82 Å². The van der Waals surface area contributed by atoms with E-state index in [1.165, 1.54) is 19.1 Å². The predicted molar refractivity (Wildman–Crippen MR) is 112 cm³/mol. The second-order valence-corrected chi connectivity index (χ2v) is 8.18. The lowest BCUT2D eigenvalue weighted by Crippen LogP contribution is -2.57. The van der Waals surface area contributed by atoms with Gasteiger partial charge in [-0.3, -0.25) is 14.5 Å². The van der Waals surface area contributed by atoms with E-state index in [0.29, 0.717) is 32.6 Å². The molecule has 166 valence electrons. The van der Waals surface area contributed by atoms with Crippen molar-refractivity contribution in [2.24, 2.45) is 5.73 Å². The Morgan fingerprint density at radius 1 is 1.30 bits per heavy atom. The van der Waals surface area contributed by atoms with Gasteiger partial charge < -0.3 is 20.7 Å². The maximum Gasteiger partial charge on any atom is 0.242 e. The summed E-state index contributed by atoms with van der Waals surface area (Å²) < 4.78 is 19.2. The monoisotopic (exact) mass is 420 g/mol. The van der Waals surface area contributed by atoms with Gasteiger partial charge in [0.05, 0.1) is 6.10 Å². The number of rotatable bonds is 8. The zero-order valence-corrected chi connectivity index (χ0v) is 17.7. The minimum atomic E-state index is -0.506. The van der Waals surface area contributed by atoms with Crippen molar-refractivity contribution in [2.75, 3.05) is 32.8 Å². The standard InChI is InChI=1S/C22H33FN4O3/c1-16(28)27-11-8-19(13-21(27)22(29)25-10-9-24)26(15-20-3-2-12-30-20)14-17-4-6-18(23)7-5-17/h4-7,19-21H,2-3,8-15,24H2,1H3,(H,25,29)/t19?,20?,21-/m1/s1. The van der Waals surface area contributed by atoms with Crippen LogP contribution in [0.25, 0.3) is 0 Å². The smallest absolute Gasteiger partial charge is 0.242 e. The van der Waals surface area contributed by atoms with E-state index in [0.717, 1.165) is 38.0 Å². The first-order valence-electron chi connectivity index (χ1n) is 10.8. The van der Waals surface area contributed by atoms with Crippen LogP contribution in [-0.2, 0) is 20.9 Å². The van der Waals surface area contributed by atoms with Crippen LogP contribution in [0.15, 0.2) is 24.3 Å². The Hall–Kier alpha value is -2.03. The SMILES string of the molecule is CC(=O)N1CCC(N(Cc2ccc(F)cc2)CC2CCCO2)C[C@@H]1C(=O)NCCN. The van der Waals surface area contributed by atoms with Gasteiger partial charge in [-0.05, 0) is 43.4 Å². The lowest BCUT2D eigenvalue weighted by Gasteiger charge is -2.43. The molecule has 3 N–H and O–H groups in total. The largest absolute Gasteiger partial charge is 0.377 e. The third-order valence-electron chi connectivity index (χ3n) is 6.00. The molecule has 1 aromatic carbocycles. The predicted octanol–water partition coefficient (Wildman–Crippen LogP) is 1.26. The van der Waals surface area contributed by atoms with E-state index in [1.54, 1.807) is 17.0 Å². The minimum absolute atomic E-state index is 0.0921. The summed E-state index contributed by atoms with van der Waals surface area (Å²) in [7, 11) is 0.